The molecule has 0 amide bonds. The summed E-state index contributed by atoms with van der Waals surface area (Å²) in [7, 11) is 0. The lowest BCUT2D eigenvalue weighted by Gasteiger charge is -2.07. The summed E-state index contributed by atoms with van der Waals surface area (Å²) in [4.78, 5) is 0. The fourth-order valence-electron chi connectivity index (χ4n) is 1.37. The number of anilines is 1. The van der Waals surface area contributed by atoms with Gasteiger partial charge in [-0.2, -0.15) is 0 Å². The molecule has 0 atom stereocenters. The number of nitrogen functional groups attached to an aromatic ring is 1. The van der Waals surface area contributed by atoms with Crippen molar-refractivity contribution in [1.29, 1.82) is 0 Å². The molecule has 0 saturated carbocycles. The summed E-state index contributed by atoms with van der Waals surface area (Å²) in [5.41, 5.74) is 10.1. The second kappa shape index (κ2) is 3.32. The zero-order valence-corrected chi connectivity index (χ0v) is 7.52. The molecule has 12 heavy (non-hydrogen) atoms. The van der Waals surface area contributed by atoms with Crippen molar-refractivity contribution in [3.8, 4) is 12.3 Å². The fourth-order valence-corrected chi connectivity index (χ4v) is 1.37. The number of aryl methyl sites for hydroxylation is 2. The number of benzene rings is 1. The standard InChI is InChI=1S/C11H13N/c1-4-5-10-9(3)6-8(2)7-11(10)12/h1,6-7H,5,12H2,2-3H3. The van der Waals surface area contributed by atoms with Gasteiger partial charge in [0.25, 0.3) is 0 Å². The van der Waals surface area contributed by atoms with Crippen LogP contribution in [0.2, 0.25) is 0 Å². The molecular weight excluding hydrogens is 146 g/mol. The van der Waals surface area contributed by atoms with Gasteiger partial charge >= 0.3 is 0 Å². The first-order valence-corrected chi connectivity index (χ1v) is 3.94. The van der Waals surface area contributed by atoms with E-state index in [2.05, 4.69) is 12.0 Å². The van der Waals surface area contributed by atoms with Crippen molar-refractivity contribution in [2.75, 3.05) is 5.73 Å². The van der Waals surface area contributed by atoms with E-state index in [0.717, 1.165) is 11.3 Å². The average Bonchev–Trinajstić information content (AvgIpc) is 1.96. The highest BCUT2D eigenvalue weighted by atomic mass is 14.6. The van der Waals surface area contributed by atoms with Gasteiger partial charge < -0.3 is 5.73 Å². The number of hydrogen-bond donors (Lipinski definition) is 1. The highest BCUT2D eigenvalue weighted by Gasteiger charge is 2.01. The quantitative estimate of drug-likeness (QED) is 0.492. The molecule has 0 unspecified atom stereocenters. The van der Waals surface area contributed by atoms with Crippen LogP contribution in [0.4, 0.5) is 5.69 Å². The molecule has 1 rings (SSSR count). The van der Waals surface area contributed by atoms with Gasteiger partial charge in [0.1, 0.15) is 0 Å². The highest BCUT2D eigenvalue weighted by Crippen LogP contribution is 2.19. The predicted molar refractivity (Wildman–Crippen MR) is 52.9 cm³/mol. The number of rotatable bonds is 1. The Kier molecular flexibility index (Phi) is 2.40. The SMILES string of the molecule is C#CCc1c(C)cc(C)cc1N. The fraction of sp³-hybridized carbons (Fsp3) is 0.273. The van der Waals surface area contributed by atoms with Crippen LogP contribution in [0.15, 0.2) is 12.1 Å². The first-order valence-electron chi connectivity index (χ1n) is 3.94. The van der Waals surface area contributed by atoms with Gasteiger partial charge in [-0.1, -0.05) is 6.07 Å². The molecule has 0 radical (unpaired) electrons. The van der Waals surface area contributed by atoms with E-state index in [1.54, 1.807) is 0 Å². The molecule has 1 heteroatoms. The van der Waals surface area contributed by atoms with Crippen LogP contribution < -0.4 is 5.73 Å². The predicted octanol–water partition coefficient (Wildman–Crippen LogP) is 2.06. The van der Waals surface area contributed by atoms with Crippen molar-refractivity contribution in [2.24, 2.45) is 0 Å². The minimum absolute atomic E-state index is 0.623. The van der Waals surface area contributed by atoms with Crippen LogP contribution in [0.5, 0.6) is 0 Å². The van der Waals surface area contributed by atoms with Crippen LogP contribution in [0.1, 0.15) is 16.7 Å². The Morgan fingerprint density at radius 1 is 1.42 bits per heavy atom. The zero-order chi connectivity index (χ0) is 9.14. The van der Waals surface area contributed by atoms with Gasteiger partial charge in [0.15, 0.2) is 0 Å². The van der Waals surface area contributed by atoms with E-state index < -0.39 is 0 Å². The lowest BCUT2D eigenvalue weighted by molar-refractivity contribution is 1.23. The number of nitrogens with two attached hydrogens (primary N) is 1. The number of terminal acetylenes is 1. The minimum atomic E-state index is 0.623. The maximum absolute atomic E-state index is 5.81. The average molecular weight is 159 g/mol. The molecule has 2 N–H and O–H groups in total. The van der Waals surface area contributed by atoms with Crippen molar-refractivity contribution in [3.05, 3.63) is 28.8 Å². The van der Waals surface area contributed by atoms with Crippen molar-refractivity contribution in [1.82, 2.24) is 0 Å². The van der Waals surface area contributed by atoms with E-state index in [0.29, 0.717) is 6.42 Å². The van der Waals surface area contributed by atoms with E-state index in [1.807, 2.05) is 19.9 Å². The van der Waals surface area contributed by atoms with Crippen molar-refractivity contribution in [3.63, 3.8) is 0 Å². The van der Waals surface area contributed by atoms with Gasteiger partial charge in [-0.05, 0) is 36.6 Å². The lowest BCUT2D eigenvalue weighted by Crippen LogP contribution is -1.97. The molecule has 1 aromatic carbocycles. The van der Waals surface area contributed by atoms with E-state index in [9.17, 15) is 0 Å². The van der Waals surface area contributed by atoms with Gasteiger partial charge in [0.2, 0.25) is 0 Å². The summed E-state index contributed by atoms with van der Waals surface area (Å²) in [6.07, 6.45) is 5.85. The smallest absolute Gasteiger partial charge is 0.0361 e. The second-order valence-electron chi connectivity index (χ2n) is 3.03. The largest absolute Gasteiger partial charge is 0.398 e. The first-order chi connectivity index (χ1) is 5.65. The van der Waals surface area contributed by atoms with Crippen molar-refractivity contribution in [2.45, 2.75) is 20.3 Å². The van der Waals surface area contributed by atoms with E-state index >= 15 is 0 Å². The molecule has 0 bridgehead atoms. The normalized spacial score (nSPS) is 9.42. The molecule has 1 aromatic rings. The Bertz CT molecular complexity index is 308. The van der Waals surface area contributed by atoms with Crippen molar-refractivity contribution >= 4 is 5.69 Å². The second-order valence-corrected chi connectivity index (χ2v) is 3.03. The van der Waals surface area contributed by atoms with Gasteiger partial charge in [-0.25, -0.2) is 0 Å². The first kappa shape index (κ1) is 8.67. The van der Waals surface area contributed by atoms with Gasteiger partial charge in [0.05, 0.1) is 0 Å². The third-order valence-electron chi connectivity index (χ3n) is 1.93. The third-order valence-corrected chi connectivity index (χ3v) is 1.93. The Hall–Kier alpha value is -1.42. The molecule has 0 spiro atoms. The molecule has 0 aliphatic carbocycles. The van der Waals surface area contributed by atoms with Crippen LogP contribution in [0.25, 0.3) is 0 Å². The summed E-state index contributed by atoms with van der Waals surface area (Å²) in [5.74, 6) is 2.61. The molecule has 0 aromatic heterocycles. The molecule has 0 heterocycles. The molecule has 0 fully saturated rings. The third kappa shape index (κ3) is 1.60. The summed E-state index contributed by atoms with van der Waals surface area (Å²) in [5, 5.41) is 0. The van der Waals surface area contributed by atoms with E-state index in [-0.39, 0.29) is 0 Å². The van der Waals surface area contributed by atoms with Gasteiger partial charge in [-0.3, -0.25) is 0 Å². The zero-order valence-electron chi connectivity index (χ0n) is 7.52. The van der Waals surface area contributed by atoms with Gasteiger partial charge in [-0.15, -0.1) is 12.3 Å². The monoisotopic (exact) mass is 159 g/mol. The Morgan fingerprint density at radius 3 is 2.58 bits per heavy atom. The summed E-state index contributed by atoms with van der Waals surface area (Å²) in [6, 6.07) is 4.06. The summed E-state index contributed by atoms with van der Waals surface area (Å²) >= 11 is 0. The molecule has 0 aliphatic heterocycles. The van der Waals surface area contributed by atoms with Gasteiger partial charge in [0, 0.05) is 12.1 Å². The highest BCUT2D eigenvalue weighted by molar-refractivity contribution is 5.54. The van der Waals surface area contributed by atoms with Crippen molar-refractivity contribution < 1.29 is 0 Å². The Morgan fingerprint density at radius 2 is 2.08 bits per heavy atom. The summed E-state index contributed by atoms with van der Waals surface area (Å²) < 4.78 is 0. The van der Waals surface area contributed by atoms with Crippen LogP contribution >= 0.6 is 0 Å². The van der Waals surface area contributed by atoms with Crippen LogP contribution in [-0.2, 0) is 6.42 Å². The number of hydrogen-bond acceptors (Lipinski definition) is 1. The summed E-state index contributed by atoms with van der Waals surface area (Å²) in [6.45, 7) is 4.07. The molecule has 1 nitrogen and oxygen atoms in total. The topological polar surface area (TPSA) is 26.0 Å². The maximum Gasteiger partial charge on any atom is 0.0361 e. The van der Waals surface area contributed by atoms with E-state index in [4.69, 9.17) is 12.2 Å². The minimum Gasteiger partial charge on any atom is -0.398 e. The molecular formula is C11H13N. The van der Waals surface area contributed by atoms with E-state index in [1.165, 1.54) is 11.1 Å². The Balaban J connectivity index is 3.21. The van der Waals surface area contributed by atoms with Crippen LogP contribution in [0.3, 0.4) is 0 Å². The van der Waals surface area contributed by atoms with Crippen LogP contribution in [0, 0.1) is 26.2 Å². The van der Waals surface area contributed by atoms with Crippen LogP contribution in [-0.4, -0.2) is 0 Å². The lowest BCUT2D eigenvalue weighted by atomic mass is 10.0. The molecule has 0 aliphatic rings. The Labute approximate surface area is 73.6 Å². The molecule has 0 saturated heterocycles. The maximum atomic E-state index is 5.81. The molecule has 62 valence electrons.